The zero-order valence-corrected chi connectivity index (χ0v) is 38.0. The normalized spacial score (nSPS) is 32.3. The fraction of sp³-hybridized carbons (Fsp3) is 0.737. The number of hydrogen-bond donors (Lipinski definition) is 0. The molecule has 0 unspecified atom stereocenters. The van der Waals surface area contributed by atoms with Gasteiger partial charge in [0.25, 0.3) is 0 Å². The van der Waals surface area contributed by atoms with E-state index < -0.39 is 170 Å². The van der Waals surface area contributed by atoms with Gasteiger partial charge in [0.1, 0.15) is 31.5 Å². The average Bonchev–Trinajstić information content (AvgIpc) is 3.14. The van der Waals surface area contributed by atoms with Gasteiger partial charge in [0, 0.05) is 69.2 Å². The summed E-state index contributed by atoms with van der Waals surface area (Å²) < 4.78 is 85.1. The van der Waals surface area contributed by atoms with Crippen LogP contribution in [0.2, 0.25) is 0 Å². The summed E-state index contributed by atoms with van der Waals surface area (Å²) in [5.74, 6) is -9.09. The lowest BCUT2D eigenvalue weighted by Crippen LogP contribution is -2.67. The molecule has 64 heavy (non-hydrogen) atoms. The van der Waals surface area contributed by atoms with Gasteiger partial charge in [0.05, 0.1) is 6.61 Å². The molecule has 0 spiro atoms. The van der Waals surface area contributed by atoms with E-state index >= 15 is 0 Å². The van der Waals surface area contributed by atoms with Crippen molar-refractivity contribution in [3.8, 4) is 0 Å². The number of esters is 10. The summed E-state index contributed by atoms with van der Waals surface area (Å²) in [4.78, 5) is 124. The van der Waals surface area contributed by atoms with E-state index in [9.17, 15) is 47.9 Å². The molecule has 25 nitrogen and oxygen atoms in total. The van der Waals surface area contributed by atoms with Gasteiger partial charge in [0.2, 0.25) is 0 Å². The smallest absolute Gasteiger partial charge is 0.303 e. The van der Waals surface area contributed by atoms with Crippen LogP contribution >= 0.6 is 15.9 Å². The first-order chi connectivity index (χ1) is 29.9. The molecule has 3 aliphatic heterocycles. The van der Waals surface area contributed by atoms with E-state index in [2.05, 4.69) is 15.9 Å². The molecule has 0 bridgehead atoms. The summed E-state index contributed by atoms with van der Waals surface area (Å²) in [5, 5.41) is -1.24. The monoisotopic (exact) mass is 986 g/mol. The molecular weight excluding hydrogens is 936 g/mol. The molecule has 0 amide bonds. The Labute approximate surface area is 373 Å². The van der Waals surface area contributed by atoms with Crippen molar-refractivity contribution in [2.75, 3.05) is 19.8 Å². The third-order valence-electron chi connectivity index (χ3n) is 8.79. The van der Waals surface area contributed by atoms with E-state index in [1.54, 1.807) is 0 Å². The van der Waals surface area contributed by atoms with Gasteiger partial charge in [-0.3, -0.25) is 47.9 Å². The van der Waals surface area contributed by atoms with E-state index in [1.807, 2.05) is 0 Å². The van der Waals surface area contributed by atoms with Crippen LogP contribution in [0.25, 0.3) is 0 Å². The highest BCUT2D eigenvalue weighted by molar-refractivity contribution is 9.09. The highest BCUT2D eigenvalue weighted by Gasteiger charge is 2.58. The van der Waals surface area contributed by atoms with Gasteiger partial charge in [-0.15, -0.1) is 0 Å². The van der Waals surface area contributed by atoms with Gasteiger partial charge in [-0.25, -0.2) is 0 Å². The molecule has 3 aliphatic rings. The Bertz CT molecular complexity index is 1740. The molecule has 3 heterocycles. The van der Waals surface area contributed by atoms with E-state index in [0.717, 1.165) is 69.2 Å². The minimum Gasteiger partial charge on any atom is -0.463 e. The number of rotatable bonds is 17. The van der Waals surface area contributed by atoms with Crippen LogP contribution in [0.1, 0.15) is 69.2 Å². The molecule has 3 fully saturated rings. The van der Waals surface area contributed by atoms with Crippen LogP contribution in [0.15, 0.2) is 0 Å². The average molecular weight is 988 g/mol. The molecular formula is C38H51BrO25. The number of carbonyl (C=O) groups is 10. The minimum absolute atomic E-state index is 0.658. The molecule has 3 rings (SSSR count). The van der Waals surface area contributed by atoms with E-state index in [0.29, 0.717) is 0 Å². The van der Waals surface area contributed by atoms with Gasteiger partial charge in [-0.1, -0.05) is 15.9 Å². The van der Waals surface area contributed by atoms with Crippen LogP contribution in [0.5, 0.6) is 0 Å². The Kier molecular flexibility index (Phi) is 20.3. The molecule has 3 saturated heterocycles. The number of alkyl halides is 1. The predicted molar refractivity (Wildman–Crippen MR) is 203 cm³/mol. The Morgan fingerprint density at radius 2 is 0.641 bits per heavy atom. The fourth-order valence-corrected chi connectivity index (χ4v) is 7.46. The van der Waals surface area contributed by atoms with E-state index in [4.69, 9.17) is 71.1 Å². The third kappa shape index (κ3) is 15.9. The summed E-state index contributed by atoms with van der Waals surface area (Å²) in [6, 6.07) is 0. The molecule has 0 radical (unpaired) electrons. The summed E-state index contributed by atoms with van der Waals surface area (Å²) >= 11 is 3.24. The predicted octanol–water partition coefficient (Wildman–Crippen LogP) is -0.462. The third-order valence-corrected chi connectivity index (χ3v) is 9.53. The quantitative estimate of drug-likeness (QED) is 0.101. The van der Waals surface area contributed by atoms with Crippen molar-refractivity contribution in [2.45, 2.75) is 160 Å². The standard InChI is InChI=1S/C38H51BrO25/c1-14(40)50-11-25-28(54-17(4)43)31(57-20(7)46)34(37(62-25)52-13-24-27(53-16(3)42)30(56-19(6)45)33(36(39)61-24)59-22(9)48)64-38-35(60-23(10)49)32(58-21(8)47)29(55-18(5)44)26(63-38)12-51-15(2)41/h24-38H,11-13H2,1-10H3/t24-,25-,26-,27-,28-,29-,30+,31+,32+,33-,34-,35-,36+,37-,38+/m1/s1. The zero-order chi connectivity index (χ0) is 48.2. The van der Waals surface area contributed by atoms with Crippen LogP contribution in [-0.4, -0.2) is 170 Å². The number of carbonyl (C=O) groups excluding carboxylic acids is 10. The van der Waals surface area contributed by atoms with Crippen molar-refractivity contribution in [1.29, 1.82) is 0 Å². The molecule has 360 valence electrons. The van der Waals surface area contributed by atoms with Crippen molar-refractivity contribution in [3.05, 3.63) is 0 Å². The van der Waals surface area contributed by atoms with Gasteiger partial charge >= 0.3 is 59.7 Å². The number of ether oxygens (including phenoxy) is 15. The first-order valence-electron chi connectivity index (χ1n) is 19.4. The second kappa shape index (κ2) is 24.3. The van der Waals surface area contributed by atoms with Crippen molar-refractivity contribution in [2.24, 2.45) is 0 Å². The summed E-state index contributed by atoms with van der Waals surface area (Å²) in [6.07, 6.45) is -23.4. The lowest BCUT2D eigenvalue weighted by atomic mass is 9.96. The van der Waals surface area contributed by atoms with Crippen LogP contribution in [-0.2, 0) is 119 Å². The first kappa shape index (κ1) is 53.3. The fourth-order valence-electron chi connectivity index (χ4n) is 6.77. The molecule has 0 aromatic rings. The van der Waals surface area contributed by atoms with Crippen molar-refractivity contribution < 1.29 is 119 Å². The van der Waals surface area contributed by atoms with Crippen LogP contribution in [0, 0.1) is 0 Å². The van der Waals surface area contributed by atoms with E-state index in [1.165, 1.54) is 0 Å². The Balaban J connectivity index is 2.25. The highest BCUT2D eigenvalue weighted by atomic mass is 79.9. The zero-order valence-electron chi connectivity index (χ0n) is 36.4. The van der Waals surface area contributed by atoms with Crippen molar-refractivity contribution >= 4 is 75.6 Å². The summed E-state index contributed by atoms with van der Waals surface area (Å²) in [7, 11) is 0. The lowest BCUT2D eigenvalue weighted by Gasteiger charge is -2.49. The Morgan fingerprint density at radius 1 is 0.344 bits per heavy atom. The van der Waals surface area contributed by atoms with Crippen LogP contribution in [0.4, 0.5) is 0 Å². The maximum atomic E-state index is 12.8. The molecule has 26 heteroatoms. The second-order valence-electron chi connectivity index (χ2n) is 14.2. The lowest BCUT2D eigenvalue weighted by molar-refractivity contribution is -0.371. The number of hydrogen-bond acceptors (Lipinski definition) is 25. The first-order valence-corrected chi connectivity index (χ1v) is 20.3. The van der Waals surface area contributed by atoms with Gasteiger partial charge in [-0.2, -0.15) is 0 Å². The van der Waals surface area contributed by atoms with Crippen LogP contribution < -0.4 is 0 Å². The SMILES string of the molecule is CC(=O)OC[C@H]1O[C@@H](O[C@H]2[C@H](OC[C@H]3O[C@H](Br)[C@H](OC(C)=O)[C@@H](OC(C)=O)[C@@H]3OC(C)=O)O[C@H](COC(C)=O)[C@@H](OC(C)=O)[C@@H]2OC(C)=O)[C@H](OC(C)=O)[C@@H](OC(C)=O)[C@@H]1OC(C)=O. The molecule has 0 aliphatic carbocycles. The van der Waals surface area contributed by atoms with E-state index in [-0.39, 0.29) is 0 Å². The minimum atomic E-state index is -1.98. The molecule has 0 aromatic heterocycles. The topological polar surface area (TPSA) is 309 Å². The maximum absolute atomic E-state index is 12.8. The van der Waals surface area contributed by atoms with Crippen molar-refractivity contribution in [3.63, 3.8) is 0 Å². The maximum Gasteiger partial charge on any atom is 0.303 e. The summed E-state index contributed by atoms with van der Waals surface area (Å²) in [5.41, 5.74) is 0. The summed E-state index contributed by atoms with van der Waals surface area (Å²) in [6.45, 7) is 8.17. The Hall–Kier alpha value is -5.02. The molecule has 0 N–H and O–H groups in total. The van der Waals surface area contributed by atoms with Crippen molar-refractivity contribution in [1.82, 2.24) is 0 Å². The van der Waals surface area contributed by atoms with Crippen LogP contribution in [0.3, 0.4) is 0 Å². The van der Waals surface area contributed by atoms with Gasteiger partial charge in [0.15, 0.2) is 72.5 Å². The second-order valence-corrected chi connectivity index (χ2v) is 15.1. The number of halogens is 1. The molecule has 0 saturated carbocycles. The van der Waals surface area contributed by atoms with Gasteiger partial charge in [-0.05, 0) is 0 Å². The highest BCUT2D eigenvalue weighted by Crippen LogP contribution is 2.37. The molecule has 15 atom stereocenters. The largest absolute Gasteiger partial charge is 0.463 e. The van der Waals surface area contributed by atoms with Gasteiger partial charge < -0.3 is 71.1 Å². The molecule has 0 aromatic carbocycles. The Morgan fingerprint density at radius 3 is 1.02 bits per heavy atom.